The molecule has 0 fully saturated rings. The highest BCUT2D eigenvalue weighted by Gasteiger charge is 2.64. The Balaban J connectivity index is 2.40. The van der Waals surface area contributed by atoms with E-state index in [-0.39, 0.29) is 29.4 Å². The molecule has 8 heteroatoms. The zero-order chi connectivity index (χ0) is 40.3. The van der Waals surface area contributed by atoms with Crippen LogP contribution in [-0.2, 0) is 19.1 Å². The van der Waals surface area contributed by atoms with E-state index in [1.54, 1.807) is 24.3 Å². The fourth-order valence-electron chi connectivity index (χ4n) is 9.01. The van der Waals surface area contributed by atoms with E-state index in [4.69, 9.17) is 14.7 Å². The third-order valence-electron chi connectivity index (χ3n) is 13.7. The molecule has 0 radical (unpaired) electrons. The predicted octanol–water partition coefficient (Wildman–Crippen LogP) is 12.4. The minimum atomic E-state index is -0.821. The van der Waals surface area contributed by atoms with Gasteiger partial charge in [-0.25, -0.2) is 0 Å². The van der Waals surface area contributed by atoms with Crippen LogP contribution in [0.3, 0.4) is 0 Å². The van der Waals surface area contributed by atoms with Gasteiger partial charge in [0.15, 0.2) is 0 Å². The smallest absolute Gasteiger partial charge is 0.312 e. The standard InChI is InChI=1S/C45H70N4O4/c1-15-40(7,8)32-44(13,38(50)52-14)45(18-4,19-5)42(11,17-3)33-43(12,41(9,10)16-2)39(51)53-30-29-49(20-6)37-27-25-36(26-28-37)48-47-35-23-21-34(31-46)22-24-35/h21-28H,15-20,29-30,32-33H2,1-14H3. The molecule has 0 saturated carbocycles. The summed E-state index contributed by atoms with van der Waals surface area (Å²) in [6.07, 6.45) is 5.43. The van der Waals surface area contributed by atoms with Crippen molar-refractivity contribution < 1.29 is 19.1 Å². The molecule has 2 aromatic rings. The number of nitriles is 1. The molecule has 294 valence electrons. The van der Waals surface area contributed by atoms with Crippen LogP contribution in [0.5, 0.6) is 0 Å². The molecular formula is C45H70N4O4. The quantitative estimate of drug-likeness (QED) is 0.0935. The third kappa shape index (κ3) is 9.69. The lowest BCUT2D eigenvalue weighted by Gasteiger charge is -2.61. The summed E-state index contributed by atoms with van der Waals surface area (Å²) in [5.74, 6) is -0.350. The van der Waals surface area contributed by atoms with Gasteiger partial charge in [-0.15, -0.1) is 0 Å². The summed E-state index contributed by atoms with van der Waals surface area (Å²) < 4.78 is 11.9. The van der Waals surface area contributed by atoms with Crippen LogP contribution >= 0.6 is 0 Å². The molecule has 0 aliphatic carbocycles. The van der Waals surface area contributed by atoms with Crippen molar-refractivity contribution in [2.45, 2.75) is 135 Å². The summed E-state index contributed by atoms with van der Waals surface area (Å²) in [6, 6.07) is 16.9. The van der Waals surface area contributed by atoms with Gasteiger partial charge in [-0.3, -0.25) is 9.59 Å². The lowest BCUT2D eigenvalue weighted by atomic mass is 9.42. The van der Waals surface area contributed by atoms with Crippen LogP contribution in [0.15, 0.2) is 58.8 Å². The molecule has 0 aliphatic rings. The number of hydrogen-bond acceptors (Lipinski definition) is 8. The predicted molar refractivity (Wildman–Crippen MR) is 218 cm³/mol. The first-order valence-corrected chi connectivity index (χ1v) is 19.8. The SMILES string of the molecule is CCN(CCOC(=O)C(C)(CC(C)(CC)C(CC)(CC)C(C)(CC(C)(C)CC)C(=O)OC)C(C)(C)CC)c1ccc(N=Nc2ccc(C#N)cc2)cc1. The topological polar surface area (TPSA) is 104 Å². The Morgan fingerprint density at radius 3 is 1.64 bits per heavy atom. The van der Waals surface area contributed by atoms with Crippen molar-refractivity contribution in [2.24, 2.45) is 42.7 Å². The number of carbonyl (C=O) groups excluding carboxylic acids is 2. The Morgan fingerprint density at radius 1 is 0.698 bits per heavy atom. The molecule has 0 saturated heterocycles. The molecule has 0 amide bonds. The summed E-state index contributed by atoms with van der Waals surface area (Å²) >= 11 is 0. The molecule has 0 heterocycles. The second kappa shape index (κ2) is 18.5. The van der Waals surface area contributed by atoms with Gasteiger partial charge in [-0.05, 0) is 123 Å². The van der Waals surface area contributed by atoms with E-state index < -0.39 is 21.7 Å². The van der Waals surface area contributed by atoms with Crippen molar-refractivity contribution in [3.8, 4) is 6.07 Å². The fraction of sp³-hybridized carbons (Fsp3) is 0.667. The molecule has 0 spiro atoms. The first-order chi connectivity index (χ1) is 24.8. The Bertz CT molecular complexity index is 1550. The van der Waals surface area contributed by atoms with E-state index in [0.717, 1.165) is 44.3 Å². The highest BCUT2D eigenvalue weighted by Crippen LogP contribution is 2.66. The minimum Gasteiger partial charge on any atom is -0.469 e. The van der Waals surface area contributed by atoms with Gasteiger partial charge < -0.3 is 14.4 Å². The second-order valence-corrected chi connectivity index (χ2v) is 17.1. The summed E-state index contributed by atoms with van der Waals surface area (Å²) in [6.45, 7) is 30.0. The number of esters is 2. The van der Waals surface area contributed by atoms with Gasteiger partial charge in [0.25, 0.3) is 0 Å². The van der Waals surface area contributed by atoms with Crippen molar-refractivity contribution in [1.29, 1.82) is 5.26 Å². The summed E-state index contributed by atoms with van der Waals surface area (Å²) in [7, 11) is 1.51. The zero-order valence-corrected chi connectivity index (χ0v) is 35.6. The lowest BCUT2D eigenvalue weighted by Crippen LogP contribution is -2.59. The molecule has 0 aromatic heterocycles. The summed E-state index contributed by atoms with van der Waals surface area (Å²) in [4.78, 5) is 30.8. The normalized spacial score (nSPS) is 15.9. The molecule has 0 N–H and O–H groups in total. The van der Waals surface area contributed by atoms with E-state index in [0.29, 0.717) is 36.3 Å². The molecule has 53 heavy (non-hydrogen) atoms. The monoisotopic (exact) mass is 731 g/mol. The third-order valence-corrected chi connectivity index (χ3v) is 13.7. The van der Waals surface area contributed by atoms with Crippen molar-refractivity contribution >= 4 is 29.0 Å². The maximum atomic E-state index is 14.6. The molecule has 0 aliphatic heterocycles. The first-order valence-electron chi connectivity index (χ1n) is 19.8. The largest absolute Gasteiger partial charge is 0.469 e. The van der Waals surface area contributed by atoms with E-state index in [1.165, 1.54) is 7.11 Å². The number of methoxy groups -OCH3 is 1. The molecular weight excluding hydrogens is 661 g/mol. The number of azo groups is 1. The maximum Gasteiger partial charge on any atom is 0.312 e. The molecule has 3 atom stereocenters. The van der Waals surface area contributed by atoms with Crippen molar-refractivity contribution in [3.05, 3.63) is 54.1 Å². The maximum absolute atomic E-state index is 14.6. The lowest BCUT2D eigenvalue weighted by molar-refractivity contribution is -0.190. The molecule has 2 rings (SSSR count). The summed E-state index contributed by atoms with van der Waals surface area (Å²) in [5.41, 5.74) is 0.122. The van der Waals surface area contributed by atoms with E-state index in [9.17, 15) is 9.59 Å². The second-order valence-electron chi connectivity index (χ2n) is 17.1. The molecule has 3 unspecified atom stereocenters. The van der Waals surface area contributed by atoms with Gasteiger partial charge in [0.1, 0.15) is 6.61 Å². The van der Waals surface area contributed by atoms with Gasteiger partial charge in [0.2, 0.25) is 0 Å². The van der Waals surface area contributed by atoms with Crippen LogP contribution in [0.25, 0.3) is 0 Å². The number of rotatable bonds is 21. The van der Waals surface area contributed by atoms with Crippen molar-refractivity contribution in [2.75, 3.05) is 31.7 Å². The number of nitrogens with zero attached hydrogens (tertiary/aromatic N) is 4. The Labute approximate surface area is 322 Å². The van der Waals surface area contributed by atoms with Gasteiger partial charge >= 0.3 is 11.9 Å². The fourth-order valence-corrected chi connectivity index (χ4v) is 9.01. The number of carbonyl (C=O) groups is 2. The minimum absolute atomic E-state index is 0.0696. The Morgan fingerprint density at radius 2 is 1.23 bits per heavy atom. The highest BCUT2D eigenvalue weighted by molar-refractivity contribution is 5.79. The number of likely N-dealkylation sites (N-methyl/N-ethyl adjacent to an activating group) is 1. The molecule has 2 aromatic carbocycles. The average molecular weight is 731 g/mol. The zero-order valence-electron chi connectivity index (χ0n) is 35.6. The molecule has 0 bridgehead atoms. The van der Waals surface area contributed by atoms with Crippen LogP contribution in [0.4, 0.5) is 17.1 Å². The van der Waals surface area contributed by atoms with Crippen LogP contribution in [0.1, 0.15) is 141 Å². The van der Waals surface area contributed by atoms with Crippen LogP contribution in [0.2, 0.25) is 0 Å². The number of hydrogen-bond donors (Lipinski definition) is 0. The van der Waals surface area contributed by atoms with E-state index in [1.807, 2.05) is 24.3 Å². The first kappa shape index (κ1) is 45.4. The van der Waals surface area contributed by atoms with E-state index >= 15 is 0 Å². The number of benzene rings is 2. The van der Waals surface area contributed by atoms with Crippen LogP contribution in [0, 0.1) is 43.8 Å². The van der Waals surface area contributed by atoms with Crippen LogP contribution in [-0.4, -0.2) is 38.7 Å². The number of anilines is 1. The van der Waals surface area contributed by atoms with Gasteiger partial charge in [0.05, 0.1) is 47.5 Å². The van der Waals surface area contributed by atoms with Crippen molar-refractivity contribution in [1.82, 2.24) is 0 Å². The van der Waals surface area contributed by atoms with Gasteiger partial charge in [-0.2, -0.15) is 15.5 Å². The number of ether oxygens (including phenoxy) is 2. The average Bonchev–Trinajstić information content (AvgIpc) is 3.15. The van der Waals surface area contributed by atoms with E-state index in [2.05, 4.69) is 111 Å². The Kier molecular flexibility index (Phi) is 15.9. The van der Waals surface area contributed by atoms with Gasteiger partial charge in [0, 0.05) is 12.2 Å². The summed E-state index contributed by atoms with van der Waals surface area (Å²) in [5, 5.41) is 17.7. The van der Waals surface area contributed by atoms with Crippen LogP contribution < -0.4 is 4.90 Å². The molecule has 8 nitrogen and oxygen atoms in total. The highest BCUT2D eigenvalue weighted by atomic mass is 16.5. The van der Waals surface area contributed by atoms with Crippen molar-refractivity contribution in [3.63, 3.8) is 0 Å². The van der Waals surface area contributed by atoms with Gasteiger partial charge in [-0.1, -0.05) is 82.1 Å². The Hall–Kier alpha value is -3.73.